The van der Waals surface area contributed by atoms with Crippen molar-refractivity contribution in [2.75, 3.05) is 13.2 Å². The maximum Gasteiger partial charge on any atom is 0.339 e. The van der Waals surface area contributed by atoms with E-state index in [4.69, 9.17) is 9.47 Å². The number of hydrogen-bond acceptors (Lipinski definition) is 9. The van der Waals surface area contributed by atoms with Gasteiger partial charge < -0.3 is 14.6 Å². The molecular formula is C39H58N4O6. The van der Waals surface area contributed by atoms with Gasteiger partial charge in [0, 0.05) is 12.1 Å². The van der Waals surface area contributed by atoms with Crippen LogP contribution in [0.25, 0.3) is 0 Å². The lowest BCUT2D eigenvalue weighted by Crippen LogP contribution is -2.25. The Labute approximate surface area is 292 Å². The predicted molar refractivity (Wildman–Crippen MR) is 193 cm³/mol. The zero-order valence-corrected chi connectivity index (χ0v) is 30.8. The molecule has 2 rings (SSSR count). The Morgan fingerprint density at radius 2 is 1.33 bits per heavy atom. The lowest BCUT2D eigenvalue weighted by molar-refractivity contribution is 0.0381. The number of nitriles is 1. The first-order chi connectivity index (χ1) is 23.6. The monoisotopic (exact) mass is 678 g/mol. The molecule has 0 amide bonds. The summed E-state index contributed by atoms with van der Waals surface area (Å²) in [5.74, 6) is -1.09. The Balaban J connectivity index is 2.53. The van der Waals surface area contributed by atoms with Crippen molar-refractivity contribution in [2.45, 2.75) is 132 Å². The van der Waals surface area contributed by atoms with Crippen LogP contribution in [-0.4, -0.2) is 34.8 Å². The molecule has 1 heterocycles. The number of aromatic nitrogens is 1. The number of esters is 2. The van der Waals surface area contributed by atoms with Gasteiger partial charge >= 0.3 is 11.9 Å². The summed E-state index contributed by atoms with van der Waals surface area (Å²) < 4.78 is 12.6. The Kier molecular flexibility index (Phi) is 18.4. The summed E-state index contributed by atoms with van der Waals surface area (Å²) in [5, 5.41) is 29.2. The van der Waals surface area contributed by atoms with E-state index in [1.54, 1.807) is 6.92 Å². The normalized spacial score (nSPS) is 13.2. The van der Waals surface area contributed by atoms with Crippen LogP contribution in [-0.2, 0) is 16.0 Å². The molecule has 0 fully saturated rings. The number of pyridine rings is 1. The van der Waals surface area contributed by atoms with E-state index < -0.39 is 17.5 Å². The number of benzene rings is 1. The van der Waals surface area contributed by atoms with Crippen LogP contribution in [0.4, 0.5) is 11.4 Å². The van der Waals surface area contributed by atoms with E-state index in [-0.39, 0.29) is 77.0 Å². The van der Waals surface area contributed by atoms with Crippen LogP contribution in [0.3, 0.4) is 0 Å². The van der Waals surface area contributed by atoms with Gasteiger partial charge in [-0.1, -0.05) is 99.3 Å². The smallest absolute Gasteiger partial charge is 0.339 e. The fourth-order valence-electron chi connectivity index (χ4n) is 5.79. The quantitative estimate of drug-likeness (QED) is 0.0964. The van der Waals surface area contributed by atoms with Gasteiger partial charge in [0.05, 0.1) is 30.0 Å². The molecule has 0 bridgehead atoms. The van der Waals surface area contributed by atoms with Gasteiger partial charge in [-0.15, -0.1) is 5.11 Å². The van der Waals surface area contributed by atoms with Gasteiger partial charge in [-0.25, -0.2) is 9.59 Å². The highest BCUT2D eigenvalue weighted by atomic mass is 16.5. The van der Waals surface area contributed by atoms with Crippen LogP contribution in [0.2, 0.25) is 0 Å². The Morgan fingerprint density at radius 3 is 1.82 bits per heavy atom. The first kappa shape index (κ1) is 41.2. The number of rotatable bonds is 22. The third kappa shape index (κ3) is 12.1. The van der Waals surface area contributed by atoms with E-state index in [0.29, 0.717) is 0 Å². The van der Waals surface area contributed by atoms with Gasteiger partial charge in [-0.3, -0.25) is 9.36 Å². The number of azo groups is 1. The second-order valence-electron chi connectivity index (χ2n) is 13.1. The average molecular weight is 679 g/mol. The second-order valence-corrected chi connectivity index (χ2v) is 13.1. The zero-order chi connectivity index (χ0) is 36.3. The molecule has 0 aliphatic heterocycles. The predicted octanol–water partition coefficient (Wildman–Crippen LogP) is 10.1. The van der Waals surface area contributed by atoms with E-state index >= 15 is 0 Å². The van der Waals surface area contributed by atoms with Crippen molar-refractivity contribution in [3.05, 3.63) is 50.8 Å². The Hall–Kier alpha value is -4.00. The number of unbranched alkanes of at least 4 members (excludes halogenated alkanes) is 3. The molecule has 2 aromatic rings. The van der Waals surface area contributed by atoms with Gasteiger partial charge in [0.15, 0.2) is 5.69 Å². The van der Waals surface area contributed by atoms with Crippen molar-refractivity contribution in [3.8, 4) is 11.9 Å². The zero-order valence-electron chi connectivity index (χ0n) is 30.8. The molecule has 1 aromatic heterocycles. The highest BCUT2D eigenvalue weighted by Crippen LogP contribution is 2.29. The second kappa shape index (κ2) is 21.9. The minimum Gasteiger partial charge on any atom is -0.493 e. The SMILES string of the molecule is CCCCC(CC)COC(=O)c1ccc(N=Nc2c(C)c(C#N)c(O)n(CC(CC)CCCC)c2=O)cc1C(=O)OCC(CC)CCCC. The van der Waals surface area contributed by atoms with Gasteiger partial charge in [0.2, 0.25) is 5.88 Å². The molecule has 0 saturated carbocycles. The molecule has 1 N–H and O–H groups in total. The van der Waals surface area contributed by atoms with Crippen LogP contribution >= 0.6 is 0 Å². The van der Waals surface area contributed by atoms with Crippen molar-refractivity contribution < 1.29 is 24.2 Å². The lowest BCUT2D eigenvalue weighted by atomic mass is 9.99. The number of ether oxygens (including phenoxy) is 2. The minimum atomic E-state index is -0.662. The van der Waals surface area contributed by atoms with Crippen molar-refractivity contribution >= 4 is 23.3 Å². The van der Waals surface area contributed by atoms with E-state index in [1.165, 1.54) is 22.8 Å². The van der Waals surface area contributed by atoms with Gasteiger partial charge in [-0.2, -0.15) is 10.4 Å². The van der Waals surface area contributed by atoms with Crippen LogP contribution < -0.4 is 5.56 Å². The van der Waals surface area contributed by atoms with Crippen molar-refractivity contribution in [2.24, 2.45) is 28.0 Å². The molecule has 3 atom stereocenters. The summed E-state index contributed by atoms with van der Waals surface area (Å²) in [6.07, 6.45) is 11.5. The van der Waals surface area contributed by atoms with Crippen LogP contribution in [0, 0.1) is 36.0 Å². The highest BCUT2D eigenvalue weighted by molar-refractivity contribution is 6.03. The van der Waals surface area contributed by atoms with Crippen LogP contribution in [0.15, 0.2) is 33.2 Å². The molecule has 49 heavy (non-hydrogen) atoms. The Bertz CT molecular complexity index is 1490. The number of aromatic hydroxyl groups is 1. The molecule has 0 aliphatic rings. The molecule has 3 unspecified atom stereocenters. The van der Waals surface area contributed by atoms with E-state index in [2.05, 4.69) is 44.8 Å². The standard InChI is InChI=1S/C39H58N4O6/c1-8-14-17-28(11-4)24-43-36(44)34(23-40)27(7)35(37(43)45)42-41-31-20-21-32(38(46)48-25-29(12-5)18-15-9-2)33(22-31)39(47)49-26-30(13-6)19-16-10-3/h20-22,28-30,44H,8-19,24-26H2,1-7H3. The molecule has 0 radical (unpaired) electrons. The Morgan fingerprint density at radius 1 is 0.816 bits per heavy atom. The fraction of sp³-hybridized carbons (Fsp3) is 0.641. The molecule has 10 heteroatoms. The number of nitrogens with zero attached hydrogens (tertiary/aromatic N) is 4. The minimum absolute atomic E-state index is 0.00710. The highest BCUT2D eigenvalue weighted by Gasteiger charge is 2.24. The van der Waals surface area contributed by atoms with Crippen molar-refractivity contribution in [3.63, 3.8) is 0 Å². The van der Waals surface area contributed by atoms with E-state index in [9.17, 15) is 24.8 Å². The molecule has 1 aromatic carbocycles. The number of carbonyl (C=O) groups excluding carboxylic acids is 2. The lowest BCUT2D eigenvalue weighted by Gasteiger charge is -2.19. The number of carbonyl (C=O) groups is 2. The average Bonchev–Trinajstić information content (AvgIpc) is 3.11. The summed E-state index contributed by atoms with van der Waals surface area (Å²) in [4.78, 5) is 40.4. The third-order valence-corrected chi connectivity index (χ3v) is 9.45. The van der Waals surface area contributed by atoms with Crippen molar-refractivity contribution in [1.82, 2.24) is 4.57 Å². The molecule has 270 valence electrons. The summed E-state index contributed by atoms with van der Waals surface area (Å²) in [6.45, 7) is 14.8. The topological polar surface area (TPSA) is 143 Å². The van der Waals surface area contributed by atoms with E-state index in [0.717, 1.165) is 77.0 Å². The third-order valence-electron chi connectivity index (χ3n) is 9.45. The van der Waals surface area contributed by atoms with Crippen molar-refractivity contribution in [1.29, 1.82) is 5.26 Å². The van der Waals surface area contributed by atoms with Gasteiger partial charge in [0.25, 0.3) is 5.56 Å². The maximum atomic E-state index is 13.6. The first-order valence-electron chi connectivity index (χ1n) is 18.4. The van der Waals surface area contributed by atoms with Crippen LogP contribution in [0.1, 0.15) is 150 Å². The van der Waals surface area contributed by atoms with Gasteiger partial charge in [-0.05, 0) is 62.1 Å². The molecule has 10 nitrogen and oxygen atoms in total. The first-order valence-corrected chi connectivity index (χ1v) is 18.4. The molecule has 0 saturated heterocycles. The summed E-state index contributed by atoms with van der Waals surface area (Å²) >= 11 is 0. The van der Waals surface area contributed by atoms with Gasteiger partial charge in [0.1, 0.15) is 11.6 Å². The molecule has 0 aliphatic carbocycles. The molecular weight excluding hydrogens is 620 g/mol. The summed E-state index contributed by atoms with van der Waals surface area (Å²) in [7, 11) is 0. The molecule has 0 spiro atoms. The summed E-state index contributed by atoms with van der Waals surface area (Å²) in [5.41, 5.74) is -0.180. The number of hydrogen-bond donors (Lipinski definition) is 1. The largest absolute Gasteiger partial charge is 0.493 e. The maximum absolute atomic E-state index is 13.6. The fourth-order valence-corrected chi connectivity index (χ4v) is 5.79. The van der Waals surface area contributed by atoms with E-state index in [1.807, 2.05) is 13.0 Å². The van der Waals surface area contributed by atoms with Crippen LogP contribution in [0.5, 0.6) is 5.88 Å². The summed E-state index contributed by atoms with van der Waals surface area (Å²) in [6, 6.07) is 6.41.